The number of carbonyl (C=O) groups is 3. The van der Waals surface area contributed by atoms with Gasteiger partial charge < -0.3 is 27.4 Å². The molecule has 0 saturated carbocycles. The maximum atomic E-state index is 12.9. The molecule has 0 aliphatic heterocycles. The molecule has 0 heterocycles. The van der Waals surface area contributed by atoms with Crippen molar-refractivity contribution in [3.63, 3.8) is 0 Å². The number of nitrogens with two attached hydrogens (primary N) is 2. The van der Waals surface area contributed by atoms with Crippen molar-refractivity contribution in [3.8, 4) is 0 Å². The van der Waals surface area contributed by atoms with Gasteiger partial charge in [0.1, 0.15) is 12.1 Å². The molecule has 9 heteroatoms. The van der Waals surface area contributed by atoms with Gasteiger partial charge in [-0.3, -0.25) is 19.4 Å². The van der Waals surface area contributed by atoms with Crippen LogP contribution in [0.5, 0.6) is 0 Å². The molecule has 0 radical (unpaired) electrons. The van der Waals surface area contributed by atoms with E-state index in [-0.39, 0.29) is 35.6 Å². The summed E-state index contributed by atoms with van der Waals surface area (Å²) in [7, 11) is 0. The predicted molar refractivity (Wildman–Crippen MR) is 116 cm³/mol. The Bertz CT molecular complexity index is 546. The molecule has 0 aromatic carbocycles. The molecular formula is C20H40N6O3. The van der Waals surface area contributed by atoms with Crippen molar-refractivity contribution in [2.45, 2.75) is 91.3 Å². The molecule has 0 spiro atoms. The first-order chi connectivity index (χ1) is 13.6. The van der Waals surface area contributed by atoms with Crippen LogP contribution in [0, 0.1) is 5.92 Å². The number of hydrogen-bond donors (Lipinski definition) is 5. The van der Waals surface area contributed by atoms with E-state index in [1.54, 1.807) is 0 Å². The highest BCUT2D eigenvalue weighted by atomic mass is 16.2. The molecular weight excluding hydrogens is 372 g/mol. The lowest BCUT2D eigenvalue weighted by Gasteiger charge is -2.27. The zero-order valence-electron chi connectivity index (χ0n) is 18.6. The lowest BCUT2D eigenvalue weighted by atomic mass is 9.97. The van der Waals surface area contributed by atoms with Gasteiger partial charge in [-0.1, -0.05) is 33.6 Å². The Labute approximate surface area is 174 Å². The zero-order valence-corrected chi connectivity index (χ0v) is 18.6. The summed E-state index contributed by atoms with van der Waals surface area (Å²) in [6, 6.07) is -1.46. The zero-order chi connectivity index (χ0) is 22.4. The predicted octanol–water partition coefficient (Wildman–Crippen LogP) is 0.771. The molecule has 0 aliphatic carbocycles. The highest BCUT2D eigenvalue weighted by molar-refractivity contribution is 5.92. The van der Waals surface area contributed by atoms with Gasteiger partial charge in [-0.15, -0.1) is 0 Å². The van der Waals surface area contributed by atoms with Gasteiger partial charge in [0.15, 0.2) is 5.96 Å². The van der Waals surface area contributed by atoms with E-state index < -0.39 is 12.1 Å². The quantitative estimate of drug-likeness (QED) is 0.162. The number of nitrogens with one attached hydrogen (secondary N) is 3. The smallest absolute Gasteiger partial charge is 0.243 e. The number of unbranched alkanes of at least 4 members (excludes halogenated alkanes) is 1. The lowest BCUT2D eigenvalue weighted by Crippen LogP contribution is -2.56. The Morgan fingerprint density at radius 2 is 1.59 bits per heavy atom. The minimum Gasteiger partial charge on any atom is -0.370 e. The molecule has 0 aliphatic rings. The van der Waals surface area contributed by atoms with Gasteiger partial charge in [-0.2, -0.15) is 0 Å². The summed E-state index contributed by atoms with van der Waals surface area (Å²) in [5.41, 5.74) is 10.6. The van der Waals surface area contributed by atoms with Crippen LogP contribution >= 0.6 is 0 Å². The molecule has 0 fully saturated rings. The third kappa shape index (κ3) is 12.0. The Hall–Kier alpha value is -2.32. The molecule has 3 amide bonds. The fourth-order valence-corrected chi connectivity index (χ4v) is 2.70. The van der Waals surface area contributed by atoms with Crippen molar-refractivity contribution in [3.05, 3.63) is 0 Å². The third-order valence-corrected chi connectivity index (χ3v) is 4.58. The summed E-state index contributed by atoms with van der Waals surface area (Å²) in [5, 5.41) is 8.46. The van der Waals surface area contributed by atoms with Crippen LogP contribution in [-0.4, -0.2) is 48.4 Å². The fraction of sp³-hybridized carbons (Fsp3) is 0.800. The van der Waals surface area contributed by atoms with Crippen molar-refractivity contribution in [2.24, 2.45) is 22.4 Å². The van der Waals surface area contributed by atoms with Crippen molar-refractivity contribution in [1.82, 2.24) is 16.0 Å². The maximum Gasteiger partial charge on any atom is 0.243 e. The van der Waals surface area contributed by atoms with Crippen molar-refractivity contribution in [2.75, 3.05) is 6.54 Å². The van der Waals surface area contributed by atoms with Crippen LogP contribution in [0.1, 0.15) is 73.1 Å². The summed E-state index contributed by atoms with van der Waals surface area (Å²) in [4.78, 5) is 41.5. The molecule has 9 nitrogen and oxygen atoms in total. The van der Waals surface area contributed by atoms with Gasteiger partial charge in [0, 0.05) is 19.0 Å². The van der Waals surface area contributed by atoms with Gasteiger partial charge >= 0.3 is 0 Å². The Balaban J connectivity index is 5.17. The summed E-state index contributed by atoms with van der Waals surface area (Å²) < 4.78 is 0. The Morgan fingerprint density at radius 1 is 0.931 bits per heavy atom. The van der Waals surface area contributed by atoms with Crippen molar-refractivity contribution < 1.29 is 14.4 Å². The number of rotatable bonds is 14. The van der Waals surface area contributed by atoms with E-state index in [4.69, 9.17) is 11.5 Å². The average Bonchev–Trinajstić information content (AvgIpc) is 2.65. The van der Waals surface area contributed by atoms with Crippen molar-refractivity contribution in [1.29, 1.82) is 0 Å². The van der Waals surface area contributed by atoms with Crippen LogP contribution in [0.3, 0.4) is 0 Å². The molecule has 29 heavy (non-hydrogen) atoms. The van der Waals surface area contributed by atoms with E-state index in [9.17, 15) is 14.4 Å². The second-order valence-corrected chi connectivity index (χ2v) is 7.71. The normalized spacial score (nSPS) is 13.9. The highest BCUT2D eigenvalue weighted by Crippen LogP contribution is 2.10. The molecule has 0 unspecified atom stereocenters. The van der Waals surface area contributed by atoms with E-state index in [1.807, 2.05) is 34.6 Å². The van der Waals surface area contributed by atoms with Crippen LogP contribution in [0.15, 0.2) is 4.99 Å². The molecule has 168 valence electrons. The first-order valence-electron chi connectivity index (χ1n) is 10.6. The molecule has 7 N–H and O–H groups in total. The van der Waals surface area contributed by atoms with Gasteiger partial charge in [0.2, 0.25) is 17.7 Å². The number of guanidine groups is 1. The SMILES string of the molecule is CCCCC(=O)N[C@H](C(=O)N[C@@H](CCCN=C(N)N)C(=O)NC(C)C)[C@@H](C)CC. The van der Waals surface area contributed by atoms with Crippen LogP contribution in [-0.2, 0) is 14.4 Å². The van der Waals surface area contributed by atoms with E-state index >= 15 is 0 Å². The van der Waals surface area contributed by atoms with E-state index in [1.165, 1.54) is 0 Å². The monoisotopic (exact) mass is 412 g/mol. The van der Waals surface area contributed by atoms with E-state index in [0.717, 1.165) is 19.3 Å². The second kappa shape index (κ2) is 14.6. The highest BCUT2D eigenvalue weighted by Gasteiger charge is 2.29. The fourth-order valence-electron chi connectivity index (χ4n) is 2.70. The van der Waals surface area contributed by atoms with E-state index in [0.29, 0.717) is 25.8 Å². The number of carbonyl (C=O) groups excluding carboxylic acids is 3. The largest absolute Gasteiger partial charge is 0.370 e. The standard InChI is InChI=1S/C20H40N6O3/c1-6-8-11-16(27)26-17(14(5)7-2)19(29)25-15(18(28)24-13(3)4)10-9-12-23-20(21)22/h13-15,17H,6-12H2,1-5H3,(H,24,28)(H,25,29)(H,26,27)(H4,21,22,23)/t14-,15-,17-/m0/s1. The Kier molecular flexibility index (Phi) is 13.5. The minimum absolute atomic E-state index is 0.0103. The average molecular weight is 413 g/mol. The first-order valence-corrected chi connectivity index (χ1v) is 10.6. The summed E-state index contributed by atoms with van der Waals surface area (Å²) in [5.74, 6) is -0.837. The first kappa shape index (κ1) is 26.7. The van der Waals surface area contributed by atoms with E-state index in [2.05, 4.69) is 20.9 Å². The summed E-state index contributed by atoms with van der Waals surface area (Å²) in [6.45, 7) is 9.95. The third-order valence-electron chi connectivity index (χ3n) is 4.58. The van der Waals surface area contributed by atoms with Gasteiger partial charge in [-0.25, -0.2) is 0 Å². The van der Waals surface area contributed by atoms with Gasteiger partial charge in [-0.05, 0) is 39.0 Å². The van der Waals surface area contributed by atoms with Crippen LogP contribution in [0.2, 0.25) is 0 Å². The van der Waals surface area contributed by atoms with Crippen LogP contribution in [0.25, 0.3) is 0 Å². The maximum absolute atomic E-state index is 12.9. The molecule has 0 bridgehead atoms. The molecule has 0 saturated heterocycles. The number of amides is 3. The summed E-state index contributed by atoms with van der Waals surface area (Å²) >= 11 is 0. The summed E-state index contributed by atoms with van der Waals surface area (Å²) in [6.07, 6.45) is 3.70. The number of hydrogen-bond acceptors (Lipinski definition) is 4. The molecule has 0 aromatic rings. The number of nitrogens with zero attached hydrogens (tertiary/aromatic N) is 1. The minimum atomic E-state index is -0.724. The molecule has 0 aromatic heterocycles. The lowest BCUT2D eigenvalue weighted by molar-refractivity contribution is -0.133. The Morgan fingerprint density at radius 3 is 2.10 bits per heavy atom. The van der Waals surface area contributed by atoms with Crippen LogP contribution in [0.4, 0.5) is 0 Å². The molecule has 0 rings (SSSR count). The second-order valence-electron chi connectivity index (χ2n) is 7.71. The number of aliphatic imine (C=N–C) groups is 1. The van der Waals surface area contributed by atoms with Crippen molar-refractivity contribution >= 4 is 23.7 Å². The van der Waals surface area contributed by atoms with Gasteiger partial charge in [0.25, 0.3) is 0 Å². The van der Waals surface area contributed by atoms with Crippen LogP contribution < -0.4 is 27.4 Å². The molecule has 3 atom stereocenters. The topological polar surface area (TPSA) is 152 Å². The van der Waals surface area contributed by atoms with Gasteiger partial charge in [0.05, 0.1) is 0 Å².